The summed E-state index contributed by atoms with van der Waals surface area (Å²) in [6.45, 7) is 6.76. The summed E-state index contributed by atoms with van der Waals surface area (Å²) in [6.07, 6.45) is 4.40. The number of epoxide rings is 2. The van der Waals surface area contributed by atoms with Crippen LogP contribution in [-0.4, -0.2) is 41.8 Å². The molecule has 0 N–H and O–H groups in total. The molecule has 0 aromatic carbocycles. The average molecular weight is 342 g/mol. The van der Waals surface area contributed by atoms with Gasteiger partial charge >= 0.3 is 5.97 Å². The molecule has 0 aromatic rings. The monoisotopic (exact) mass is 342 g/mol. The molecular weight excluding hydrogens is 320 g/mol. The number of carbonyl (C=O) groups is 2. The van der Waals surface area contributed by atoms with E-state index in [0.29, 0.717) is 6.61 Å². The van der Waals surface area contributed by atoms with Crippen molar-refractivity contribution >= 4 is 11.8 Å². The third-order valence-corrected chi connectivity index (χ3v) is 7.82. The second-order valence-corrected chi connectivity index (χ2v) is 9.02. The number of hydrogen-bond acceptors (Lipinski definition) is 5. The van der Waals surface area contributed by atoms with Gasteiger partial charge in [-0.2, -0.15) is 0 Å². The Kier molecular flexibility index (Phi) is 2.31. The first kappa shape index (κ1) is 14.7. The van der Waals surface area contributed by atoms with Crippen LogP contribution in [0.1, 0.15) is 40.0 Å². The van der Waals surface area contributed by atoms with Gasteiger partial charge in [0, 0.05) is 5.57 Å². The number of fused-ring (bicyclic) bond motifs is 4. The Bertz CT molecular complexity index is 822. The zero-order valence-electron chi connectivity index (χ0n) is 14.8. The summed E-state index contributed by atoms with van der Waals surface area (Å²) in [5.41, 5.74) is 1.56. The van der Waals surface area contributed by atoms with E-state index in [1.165, 1.54) is 0 Å². The molecule has 25 heavy (non-hydrogen) atoms. The van der Waals surface area contributed by atoms with Gasteiger partial charge in [-0.1, -0.05) is 20.8 Å². The van der Waals surface area contributed by atoms with E-state index in [1.807, 2.05) is 0 Å². The SMILES string of the molecule is CC(C)[C@]12O[C@H]1C=C1[C@]3(O[C@H]3C[C@H]3C4=C(CC[C@]13C)C(=O)OC4)C2=O. The largest absolute Gasteiger partial charge is 0.458 e. The molecule has 132 valence electrons. The Morgan fingerprint density at radius 3 is 2.80 bits per heavy atom. The van der Waals surface area contributed by atoms with Crippen molar-refractivity contribution in [3.05, 3.63) is 22.8 Å². The lowest BCUT2D eigenvalue weighted by atomic mass is 9.51. The van der Waals surface area contributed by atoms with Crippen LogP contribution >= 0.6 is 0 Å². The average Bonchev–Trinajstić information content (AvgIpc) is 3.44. The molecule has 1 spiro atoms. The van der Waals surface area contributed by atoms with Crippen LogP contribution < -0.4 is 0 Å². The Morgan fingerprint density at radius 2 is 2.04 bits per heavy atom. The molecule has 5 nitrogen and oxygen atoms in total. The van der Waals surface area contributed by atoms with E-state index in [9.17, 15) is 9.59 Å². The smallest absolute Gasteiger partial charge is 0.334 e. The lowest BCUT2D eigenvalue weighted by Crippen LogP contribution is -2.55. The number of Topliss-reactive ketones (excluding diaryl/α,β-unsaturated/α-hetero) is 1. The minimum absolute atomic E-state index is 0.0762. The maximum atomic E-state index is 13.4. The third kappa shape index (κ3) is 1.36. The summed E-state index contributed by atoms with van der Waals surface area (Å²) in [5.74, 6) is 0.367. The quantitative estimate of drug-likeness (QED) is 0.415. The molecule has 6 aliphatic rings. The van der Waals surface area contributed by atoms with Crippen molar-refractivity contribution in [2.24, 2.45) is 17.3 Å². The van der Waals surface area contributed by atoms with Crippen LogP contribution in [-0.2, 0) is 23.8 Å². The van der Waals surface area contributed by atoms with Crippen LogP contribution in [0.25, 0.3) is 0 Å². The van der Waals surface area contributed by atoms with Crippen molar-refractivity contribution in [1.29, 1.82) is 0 Å². The number of carbonyl (C=O) groups excluding carboxylic acids is 2. The van der Waals surface area contributed by atoms with E-state index in [4.69, 9.17) is 14.2 Å². The van der Waals surface area contributed by atoms with Crippen molar-refractivity contribution in [2.45, 2.75) is 63.4 Å². The van der Waals surface area contributed by atoms with Crippen molar-refractivity contribution in [3.8, 4) is 0 Å². The molecule has 0 unspecified atom stereocenters. The second-order valence-electron chi connectivity index (χ2n) is 9.02. The molecule has 1 saturated carbocycles. The van der Waals surface area contributed by atoms with Gasteiger partial charge in [-0.25, -0.2) is 4.79 Å². The molecule has 2 saturated heterocycles. The maximum absolute atomic E-state index is 13.4. The van der Waals surface area contributed by atoms with E-state index >= 15 is 0 Å². The predicted molar refractivity (Wildman–Crippen MR) is 86.6 cm³/mol. The topological polar surface area (TPSA) is 68.4 Å². The van der Waals surface area contributed by atoms with Gasteiger partial charge in [-0.15, -0.1) is 0 Å². The van der Waals surface area contributed by atoms with Crippen LogP contribution in [0.2, 0.25) is 0 Å². The number of hydrogen-bond donors (Lipinski definition) is 0. The highest BCUT2D eigenvalue weighted by Crippen LogP contribution is 2.70. The highest BCUT2D eigenvalue weighted by Gasteiger charge is 2.82. The highest BCUT2D eigenvalue weighted by molar-refractivity contribution is 6.06. The van der Waals surface area contributed by atoms with Gasteiger partial charge in [0.25, 0.3) is 0 Å². The van der Waals surface area contributed by atoms with E-state index < -0.39 is 11.2 Å². The molecule has 3 aliphatic heterocycles. The molecule has 5 heteroatoms. The minimum Gasteiger partial charge on any atom is -0.458 e. The molecule has 6 rings (SSSR count). The summed E-state index contributed by atoms with van der Waals surface area (Å²) < 4.78 is 17.4. The standard InChI is InChI=1S/C20H22O5/c1-9(2)19-15(24-19)7-13-18(3)5-4-10-11(8-23-16(10)21)12(18)6-14-20(13,25-14)17(19)22/h7,9,12,14-15H,4-6,8H2,1-3H3/t12-,14-,15-,18-,19-,20+/m0/s1. The molecule has 0 bridgehead atoms. The van der Waals surface area contributed by atoms with Gasteiger partial charge in [0.1, 0.15) is 18.8 Å². The number of ketones is 1. The summed E-state index contributed by atoms with van der Waals surface area (Å²) in [7, 11) is 0. The first-order valence-electron chi connectivity index (χ1n) is 9.38. The molecule has 0 radical (unpaired) electrons. The normalized spacial score (nSPS) is 51.8. The first-order chi connectivity index (χ1) is 11.9. The fourth-order valence-electron chi connectivity index (χ4n) is 6.29. The van der Waals surface area contributed by atoms with Gasteiger partial charge in [-0.05, 0) is 53.7 Å². The number of cyclic esters (lactones) is 1. The molecule has 6 atom stereocenters. The molecule has 3 fully saturated rings. The number of rotatable bonds is 1. The summed E-state index contributed by atoms with van der Waals surface area (Å²) >= 11 is 0. The van der Waals surface area contributed by atoms with Crippen molar-refractivity contribution < 1.29 is 23.8 Å². The van der Waals surface area contributed by atoms with Crippen LogP contribution in [0.5, 0.6) is 0 Å². The Labute approximate surface area is 146 Å². The second kappa shape index (κ2) is 3.94. The Morgan fingerprint density at radius 1 is 1.24 bits per heavy atom. The number of esters is 1. The first-order valence-corrected chi connectivity index (χ1v) is 9.38. The van der Waals surface area contributed by atoms with Crippen molar-refractivity contribution in [1.82, 2.24) is 0 Å². The fourth-order valence-corrected chi connectivity index (χ4v) is 6.29. The molecular formula is C20H22O5. The van der Waals surface area contributed by atoms with Crippen molar-refractivity contribution in [3.63, 3.8) is 0 Å². The minimum atomic E-state index is -0.760. The van der Waals surface area contributed by atoms with Gasteiger partial charge < -0.3 is 14.2 Å². The van der Waals surface area contributed by atoms with Gasteiger partial charge in [0.05, 0.1) is 0 Å². The van der Waals surface area contributed by atoms with Crippen LogP contribution in [0.15, 0.2) is 22.8 Å². The maximum Gasteiger partial charge on any atom is 0.334 e. The number of ether oxygens (including phenoxy) is 3. The van der Waals surface area contributed by atoms with Crippen LogP contribution in [0.3, 0.4) is 0 Å². The van der Waals surface area contributed by atoms with Crippen molar-refractivity contribution in [2.75, 3.05) is 6.61 Å². The summed E-state index contributed by atoms with van der Waals surface area (Å²) in [6, 6.07) is 0. The lowest BCUT2D eigenvalue weighted by Gasteiger charge is -2.49. The Balaban J connectivity index is 1.50. The van der Waals surface area contributed by atoms with Crippen LogP contribution in [0, 0.1) is 17.3 Å². The highest BCUT2D eigenvalue weighted by atomic mass is 16.6. The predicted octanol–water partition coefficient (Wildman–Crippen LogP) is 2.10. The third-order valence-electron chi connectivity index (χ3n) is 7.82. The summed E-state index contributed by atoms with van der Waals surface area (Å²) in [4.78, 5) is 25.4. The Hall–Kier alpha value is -1.46. The summed E-state index contributed by atoms with van der Waals surface area (Å²) in [5, 5.41) is 0. The molecule has 3 heterocycles. The lowest BCUT2D eigenvalue weighted by molar-refractivity contribution is -0.136. The fraction of sp³-hybridized carbons (Fsp3) is 0.700. The molecule has 3 aliphatic carbocycles. The van der Waals surface area contributed by atoms with Gasteiger partial charge in [0.15, 0.2) is 11.2 Å². The van der Waals surface area contributed by atoms with Gasteiger partial charge in [0.2, 0.25) is 5.78 Å². The van der Waals surface area contributed by atoms with E-state index in [2.05, 4.69) is 26.8 Å². The van der Waals surface area contributed by atoms with Crippen LogP contribution in [0.4, 0.5) is 0 Å². The van der Waals surface area contributed by atoms with Gasteiger partial charge in [-0.3, -0.25) is 4.79 Å². The zero-order valence-corrected chi connectivity index (χ0v) is 14.8. The molecule has 0 aromatic heterocycles. The van der Waals surface area contributed by atoms with E-state index in [1.54, 1.807) is 0 Å². The molecule has 0 amide bonds. The van der Waals surface area contributed by atoms with E-state index in [-0.39, 0.29) is 41.2 Å². The van der Waals surface area contributed by atoms with E-state index in [0.717, 1.165) is 36.0 Å². The zero-order chi connectivity index (χ0) is 17.4.